The minimum atomic E-state index is -0.0237. The molecule has 306 valence electrons. The second-order valence-electron chi connectivity index (χ2n) is 18.4. The maximum atomic E-state index is 5.28. The minimum Gasteiger partial charge on any atom is -0.309 e. The van der Waals surface area contributed by atoms with E-state index in [-0.39, 0.29) is 5.41 Å². The Labute approximate surface area is 378 Å². The molecular formula is C63H44N2. The molecule has 0 amide bonds. The highest BCUT2D eigenvalue weighted by Crippen LogP contribution is 2.50. The van der Waals surface area contributed by atoms with Crippen molar-refractivity contribution in [3.8, 4) is 61.6 Å². The van der Waals surface area contributed by atoms with Gasteiger partial charge in [-0.2, -0.15) is 0 Å². The van der Waals surface area contributed by atoms with Crippen molar-refractivity contribution in [1.29, 1.82) is 0 Å². The fraction of sp³-hybridized carbons (Fsp3) is 0.0635. The summed E-state index contributed by atoms with van der Waals surface area (Å²) in [5.74, 6) is 0. The molecule has 0 unspecified atom stereocenters. The third kappa shape index (κ3) is 5.84. The SMILES string of the molecule is Cc1ccc(-c2ccc3c(c2)c2cc4c5ccc(-c6ccc7c(c6)-c6ccccc6C7(C)C)cc5c5ccccc5c4cc2n3-c2cc(-c3ccccc3)nc(-c3ccccc3)c2)cc1. The van der Waals surface area contributed by atoms with Gasteiger partial charge in [0.2, 0.25) is 0 Å². The quantitative estimate of drug-likeness (QED) is 0.158. The van der Waals surface area contributed by atoms with Crippen LogP contribution in [0.3, 0.4) is 0 Å². The van der Waals surface area contributed by atoms with E-state index in [1.165, 1.54) is 98.7 Å². The first-order valence-corrected chi connectivity index (χ1v) is 22.7. The van der Waals surface area contributed by atoms with Crippen LogP contribution < -0.4 is 0 Å². The Kier molecular flexibility index (Phi) is 8.20. The molecule has 65 heavy (non-hydrogen) atoms. The zero-order valence-electron chi connectivity index (χ0n) is 36.6. The van der Waals surface area contributed by atoms with Gasteiger partial charge in [0.1, 0.15) is 0 Å². The molecule has 0 aliphatic heterocycles. The highest BCUT2D eigenvalue weighted by atomic mass is 15.0. The van der Waals surface area contributed by atoms with Crippen LogP contribution in [0, 0.1) is 6.92 Å². The fourth-order valence-electron chi connectivity index (χ4n) is 10.9. The predicted molar refractivity (Wildman–Crippen MR) is 275 cm³/mol. The van der Waals surface area contributed by atoms with Crippen molar-refractivity contribution in [2.45, 2.75) is 26.2 Å². The Bertz CT molecular complexity index is 3830. The van der Waals surface area contributed by atoms with Crippen molar-refractivity contribution in [3.63, 3.8) is 0 Å². The van der Waals surface area contributed by atoms with E-state index in [9.17, 15) is 0 Å². The topological polar surface area (TPSA) is 17.8 Å². The summed E-state index contributed by atoms with van der Waals surface area (Å²) in [5, 5.41) is 9.98. The van der Waals surface area contributed by atoms with Gasteiger partial charge < -0.3 is 4.57 Å². The number of hydrogen-bond acceptors (Lipinski definition) is 1. The third-order valence-corrected chi connectivity index (χ3v) is 14.2. The Balaban J connectivity index is 1.08. The first kappa shape index (κ1) is 37.5. The van der Waals surface area contributed by atoms with Gasteiger partial charge >= 0.3 is 0 Å². The molecule has 1 aliphatic carbocycles. The lowest BCUT2D eigenvalue weighted by molar-refractivity contribution is 0.660. The van der Waals surface area contributed by atoms with E-state index in [1.807, 2.05) is 0 Å². The van der Waals surface area contributed by atoms with Gasteiger partial charge in [0.15, 0.2) is 0 Å². The van der Waals surface area contributed by atoms with Gasteiger partial charge in [0.05, 0.1) is 28.1 Å². The summed E-state index contributed by atoms with van der Waals surface area (Å²) in [5.41, 5.74) is 19.1. The number of hydrogen-bond donors (Lipinski definition) is 0. The highest BCUT2D eigenvalue weighted by Gasteiger charge is 2.35. The summed E-state index contributed by atoms with van der Waals surface area (Å²) in [6, 6.07) is 78.6. The van der Waals surface area contributed by atoms with E-state index in [1.54, 1.807) is 0 Å². The molecule has 0 fully saturated rings. The van der Waals surface area contributed by atoms with Crippen molar-refractivity contribution in [1.82, 2.24) is 9.55 Å². The smallest absolute Gasteiger partial charge is 0.0730 e. The van der Waals surface area contributed by atoms with Gasteiger partial charge in [-0.05, 0) is 132 Å². The second-order valence-corrected chi connectivity index (χ2v) is 18.4. The molecule has 0 N–H and O–H groups in total. The number of rotatable bonds is 5. The summed E-state index contributed by atoms with van der Waals surface area (Å²) in [4.78, 5) is 5.28. The molecule has 0 radical (unpaired) electrons. The van der Waals surface area contributed by atoms with Crippen LogP contribution in [0.5, 0.6) is 0 Å². The maximum Gasteiger partial charge on any atom is 0.0730 e. The number of nitrogens with zero attached hydrogens (tertiary/aromatic N) is 2. The van der Waals surface area contributed by atoms with Crippen molar-refractivity contribution >= 4 is 54.1 Å². The van der Waals surface area contributed by atoms with Crippen LogP contribution in [0.4, 0.5) is 0 Å². The van der Waals surface area contributed by atoms with Crippen LogP contribution in [0.25, 0.3) is 116 Å². The summed E-state index contributed by atoms with van der Waals surface area (Å²) in [6.45, 7) is 6.85. The first-order chi connectivity index (χ1) is 31.9. The first-order valence-electron chi connectivity index (χ1n) is 22.7. The molecule has 2 aromatic heterocycles. The van der Waals surface area contributed by atoms with Gasteiger partial charge in [-0.25, -0.2) is 4.98 Å². The van der Waals surface area contributed by atoms with Crippen LogP contribution in [-0.2, 0) is 5.41 Å². The van der Waals surface area contributed by atoms with Crippen molar-refractivity contribution in [3.05, 3.63) is 229 Å². The molecule has 0 spiro atoms. The number of aromatic nitrogens is 2. The van der Waals surface area contributed by atoms with Gasteiger partial charge in [-0.1, -0.05) is 183 Å². The van der Waals surface area contributed by atoms with Gasteiger partial charge in [0, 0.05) is 27.3 Å². The van der Waals surface area contributed by atoms with Crippen LogP contribution in [0.2, 0.25) is 0 Å². The van der Waals surface area contributed by atoms with E-state index in [0.29, 0.717) is 0 Å². The lowest BCUT2D eigenvalue weighted by Gasteiger charge is -2.21. The average molecular weight is 829 g/mol. The van der Waals surface area contributed by atoms with Crippen molar-refractivity contribution < 1.29 is 0 Å². The van der Waals surface area contributed by atoms with Crippen LogP contribution in [0.15, 0.2) is 212 Å². The molecule has 13 rings (SSSR count). The molecule has 0 saturated carbocycles. The van der Waals surface area contributed by atoms with Gasteiger partial charge in [0.25, 0.3) is 0 Å². The molecule has 0 atom stereocenters. The molecule has 10 aromatic carbocycles. The van der Waals surface area contributed by atoms with Crippen molar-refractivity contribution in [2.75, 3.05) is 0 Å². The Morgan fingerprint density at radius 2 is 0.846 bits per heavy atom. The lowest BCUT2D eigenvalue weighted by atomic mass is 9.82. The van der Waals surface area contributed by atoms with Gasteiger partial charge in [-0.15, -0.1) is 0 Å². The summed E-state index contributed by atoms with van der Waals surface area (Å²) < 4.78 is 2.47. The zero-order valence-corrected chi connectivity index (χ0v) is 36.6. The Hall–Kier alpha value is -8.07. The van der Waals surface area contributed by atoms with Crippen LogP contribution in [0.1, 0.15) is 30.5 Å². The third-order valence-electron chi connectivity index (χ3n) is 14.2. The molecule has 2 heteroatoms. The predicted octanol–water partition coefficient (Wildman–Crippen LogP) is 16.9. The average Bonchev–Trinajstić information content (AvgIpc) is 3.80. The molecule has 1 aliphatic rings. The largest absolute Gasteiger partial charge is 0.309 e. The monoisotopic (exact) mass is 828 g/mol. The highest BCUT2D eigenvalue weighted by molar-refractivity contribution is 6.29. The van der Waals surface area contributed by atoms with Crippen LogP contribution >= 0.6 is 0 Å². The van der Waals surface area contributed by atoms with Gasteiger partial charge in [-0.3, -0.25) is 0 Å². The number of fused-ring (bicyclic) bond motifs is 12. The maximum absolute atomic E-state index is 5.28. The summed E-state index contributed by atoms with van der Waals surface area (Å²) >= 11 is 0. The normalized spacial score (nSPS) is 13.0. The molecule has 0 bridgehead atoms. The summed E-state index contributed by atoms with van der Waals surface area (Å²) in [7, 11) is 0. The molecule has 2 heterocycles. The molecule has 12 aromatic rings. The molecule has 0 saturated heterocycles. The Morgan fingerprint density at radius 3 is 1.57 bits per heavy atom. The lowest BCUT2D eigenvalue weighted by Crippen LogP contribution is -2.14. The minimum absolute atomic E-state index is 0.0237. The van der Waals surface area contributed by atoms with Crippen molar-refractivity contribution in [2.24, 2.45) is 0 Å². The molecular weight excluding hydrogens is 785 g/mol. The van der Waals surface area contributed by atoms with Crippen LogP contribution in [-0.4, -0.2) is 9.55 Å². The van der Waals surface area contributed by atoms with E-state index < -0.39 is 0 Å². The number of aryl methyl sites for hydroxylation is 1. The number of pyridine rings is 1. The zero-order chi connectivity index (χ0) is 43.4. The Morgan fingerprint density at radius 1 is 0.338 bits per heavy atom. The van der Waals surface area contributed by atoms with E-state index in [0.717, 1.165) is 33.7 Å². The standard InChI is InChI=1S/C63H44N2/c1-39-22-24-40(25-23-39)43-28-31-61-55(34-43)56-37-52-49-29-26-44(45-27-30-58-54(33-45)50-20-12-13-21-57(50)63(58,2)3)32-51(49)47-18-10-11-19-48(47)53(52)38-62(56)65(61)46-35-59(41-14-6-4-7-15-41)64-60(36-46)42-16-8-5-9-17-42/h4-38H,1-3H3. The summed E-state index contributed by atoms with van der Waals surface area (Å²) in [6.07, 6.45) is 0. The number of benzene rings is 10. The molecule has 2 nitrogen and oxygen atoms in total. The van der Waals surface area contributed by atoms with E-state index in [4.69, 9.17) is 4.98 Å². The second kappa shape index (κ2) is 14.2. The van der Waals surface area contributed by atoms with E-state index >= 15 is 0 Å². The fourth-order valence-corrected chi connectivity index (χ4v) is 10.9. The van der Waals surface area contributed by atoms with E-state index in [2.05, 4.69) is 238 Å².